The highest BCUT2D eigenvalue weighted by molar-refractivity contribution is 5.89. The van der Waals surface area contributed by atoms with Crippen molar-refractivity contribution in [2.45, 2.75) is 12.8 Å². The molecule has 0 bridgehead atoms. The monoisotopic (exact) mass is 220 g/mol. The minimum atomic E-state index is -0.384. The van der Waals surface area contributed by atoms with Crippen molar-refractivity contribution in [3.8, 4) is 12.3 Å². The van der Waals surface area contributed by atoms with Crippen LogP contribution in [-0.4, -0.2) is 12.6 Å². The van der Waals surface area contributed by atoms with Crippen LogP contribution < -0.4 is 10.6 Å². The zero-order valence-electron chi connectivity index (χ0n) is 8.79. The van der Waals surface area contributed by atoms with Crippen molar-refractivity contribution in [3.05, 3.63) is 30.1 Å². The smallest absolute Gasteiger partial charge is 0.319 e. The van der Waals surface area contributed by atoms with Gasteiger partial charge in [0.1, 0.15) is 5.82 Å². The van der Waals surface area contributed by atoms with Crippen LogP contribution in [0.2, 0.25) is 0 Å². The molecule has 16 heavy (non-hydrogen) atoms. The van der Waals surface area contributed by atoms with Crippen LogP contribution in [0.4, 0.5) is 14.9 Å². The molecule has 2 N–H and O–H groups in total. The highest BCUT2D eigenvalue weighted by atomic mass is 19.1. The highest BCUT2D eigenvalue weighted by Crippen LogP contribution is 2.08. The van der Waals surface area contributed by atoms with E-state index in [9.17, 15) is 9.18 Å². The molecule has 4 heteroatoms. The van der Waals surface area contributed by atoms with Gasteiger partial charge >= 0.3 is 6.03 Å². The van der Waals surface area contributed by atoms with E-state index in [-0.39, 0.29) is 11.8 Å². The molecular formula is C12H13FN2O. The van der Waals surface area contributed by atoms with Crippen LogP contribution in [0.5, 0.6) is 0 Å². The number of hydrogen-bond acceptors (Lipinski definition) is 1. The number of terminal acetylenes is 1. The molecule has 0 atom stereocenters. The van der Waals surface area contributed by atoms with Crippen molar-refractivity contribution in [1.29, 1.82) is 0 Å². The van der Waals surface area contributed by atoms with E-state index in [4.69, 9.17) is 6.42 Å². The summed E-state index contributed by atoms with van der Waals surface area (Å²) in [6.07, 6.45) is 6.42. The number of urea groups is 1. The van der Waals surface area contributed by atoms with Crippen molar-refractivity contribution < 1.29 is 9.18 Å². The molecule has 1 aromatic rings. The van der Waals surface area contributed by atoms with E-state index in [1.165, 1.54) is 18.2 Å². The van der Waals surface area contributed by atoms with Gasteiger partial charge in [-0.05, 0) is 24.6 Å². The minimum absolute atomic E-state index is 0.359. The van der Waals surface area contributed by atoms with Crippen molar-refractivity contribution in [2.75, 3.05) is 11.9 Å². The molecule has 0 aliphatic heterocycles. The van der Waals surface area contributed by atoms with E-state index < -0.39 is 0 Å². The van der Waals surface area contributed by atoms with Gasteiger partial charge in [-0.25, -0.2) is 9.18 Å². The number of rotatable bonds is 4. The summed E-state index contributed by atoms with van der Waals surface area (Å²) in [5.74, 6) is 2.09. The first-order chi connectivity index (χ1) is 7.72. The van der Waals surface area contributed by atoms with Crippen molar-refractivity contribution in [1.82, 2.24) is 5.32 Å². The Morgan fingerprint density at radius 2 is 2.31 bits per heavy atom. The first-order valence-electron chi connectivity index (χ1n) is 4.96. The fraction of sp³-hybridized carbons (Fsp3) is 0.250. The molecule has 0 aromatic heterocycles. The maximum absolute atomic E-state index is 12.8. The summed E-state index contributed by atoms with van der Waals surface area (Å²) in [4.78, 5) is 11.3. The molecule has 0 heterocycles. The molecule has 1 aromatic carbocycles. The lowest BCUT2D eigenvalue weighted by atomic mass is 10.3. The van der Waals surface area contributed by atoms with Gasteiger partial charge in [-0.3, -0.25) is 0 Å². The number of nitrogens with one attached hydrogen (secondary N) is 2. The number of unbranched alkanes of at least 4 members (excludes halogenated alkanes) is 1. The molecule has 0 aliphatic carbocycles. The lowest BCUT2D eigenvalue weighted by Crippen LogP contribution is -2.29. The van der Waals surface area contributed by atoms with Crippen LogP contribution in [0.1, 0.15) is 12.8 Å². The van der Waals surface area contributed by atoms with E-state index in [1.54, 1.807) is 6.07 Å². The third-order valence-electron chi connectivity index (χ3n) is 1.87. The normalized spacial score (nSPS) is 9.25. The quantitative estimate of drug-likeness (QED) is 0.593. The number of carbonyl (C=O) groups is 1. The zero-order chi connectivity index (χ0) is 11.8. The topological polar surface area (TPSA) is 41.1 Å². The van der Waals surface area contributed by atoms with Gasteiger partial charge in [0.2, 0.25) is 0 Å². The summed E-state index contributed by atoms with van der Waals surface area (Å²) < 4.78 is 12.8. The second-order valence-electron chi connectivity index (χ2n) is 3.20. The lowest BCUT2D eigenvalue weighted by molar-refractivity contribution is 0.252. The largest absolute Gasteiger partial charge is 0.338 e. The van der Waals surface area contributed by atoms with E-state index in [1.807, 2.05) is 0 Å². The Kier molecular flexibility index (Phi) is 4.87. The minimum Gasteiger partial charge on any atom is -0.338 e. The Morgan fingerprint density at radius 1 is 1.50 bits per heavy atom. The molecule has 0 spiro atoms. The number of hydrogen-bond donors (Lipinski definition) is 2. The van der Waals surface area contributed by atoms with Crippen LogP contribution in [0.15, 0.2) is 24.3 Å². The molecule has 2 amide bonds. The molecule has 0 saturated carbocycles. The van der Waals surface area contributed by atoms with Crippen LogP contribution >= 0.6 is 0 Å². The van der Waals surface area contributed by atoms with Gasteiger partial charge in [0.05, 0.1) is 0 Å². The summed E-state index contributed by atoms with van der Waals surface area (Å²) in [5.41, 5.74) is 0.425. The Hall–Kier alpha value is -2.02. The van der Waals surface area contributed by atoms with Crippen molar-refractivity contribution in [3.63, 3.8) is 0 Å². The predicted octanol–water partition coefficient (Wildman–Crippen LogP) is 2.36. The van der Waals surface area contributed by atoms with Gasteiger partial charge in [0.15, 0.2) is 0 Å². The average molecular weight is 220 g/mol. The first-order valence-corrected chi connectivity index (χ1v) is 4.96. The molecule has 84 valence electrons. The highest BCUT2D eigenvalue weighted by Gasteiger charge is 2.00. The molecule has 0 unspecified atom stereocenters. The van der Waals surface area contributed by atoms with E-state index in [0.29, 0.717) is 18.7 Å². The number of halogens is 1. The van der Waals surface area contributed by atoms with Gasteiger partial charge in [0, 0.05) is 18.7 Å². The van der Waals surface area contributed by atoms with Gasteiger partial charge in [-0.15, -0.1) is 12.3 Å². The molecule has 0 aliphatic rings. The van der Waals surface area contributed by atoms with Gasteiger partial charge < -0.3 is 10.6 Å². The van der Waals surface area contributed by atoms with Gasteiger partial charge in [-0.1, -0.05) is 6.07 Å². The number of carbonyl (C=O) groups excluding carboxylic acids is 1. The summed E-state index contributed by atoms with van der Waals surface area (Å²) in [5, 5.41) is 5.14. The van der Waals surface area contributed by atoms with Crippen LogP contribution in [0.3, 0.4) is 0 Å². The van der Waals surface area contributed by atoms with Crippen molar-refractivity contribution in [2.24, 2.45) is 0 Å². The molecule has 0 radical (unpaired) electrons. The fourth-order valence-electron chi connectivity index (χ4n) is 1.13. The standard InChI is InChI=1S/C12H13FN2O/c1-2-3-4-8-14-12(16)15-11-7-5-6-10(13)9-11/h1,5-7,9H,3-4,8H2,(H2,14,15,16). The Labute approximate surface area is 94.0 Å². The summed E-state index contributed by atoms with van der Waals surface area (Å²) >= 11 is 0. The molecule has 0 fully saturated rings. The number of amides is 2. The van der Waals surface area contributed by atoms with E-state index in [0.717, 1.165) is 6.42 Å². The SMILES string of the molecule is C#CCCCNC(=O)Nc1cccc(F)c1. The Morgan fingerprint density at radius 3 is 3.00 bits per heavy atom. The maximum atomic E-state index is 12.8. The molecular weight excluding hydrogens is 207 g/mol. The van der Waals surface area contributed by atoms with Crippen LogP contribution in [-0.2, 0) is 0 Å². The summed E-state index contributed by atoms with van der Waals surface area (Å²) in [7, 11) is 0. The van der Waals surface area contributed by atoms with Crippen LogP contribution in [0, 0.1) is 18.2 Å². The first kappa shape index (κ1) is 12.1. The molecule has 1 rings (SSSR count). The van der Waals surface area contributed by atoms with Crippen molar-refractivity contribution >= 4 is 11.7 Å². The third kappa shape index (κ3) is 4.47. The summed E-state index contributed by atoms with van der Waals surface area (Å²) in [6, 6.07) is 5.35. The predicted molar refractivity (Wildman–Crippen MR) is 61.5 cm³/mol. The van der Waals surface area contributed by atoms with E-state index in [2.05, 4.69) is 16.6 Å². The Balaban J connectivity index is 2.32. The average Bonchev–Trinajstić information content (AvgIpc) is 2.24. The second-order valence-corrected chi connectivity index (χ2v) is 3.20. The van der Waals surface area contributed by atoms with Crippen LogP contribution in [0.25, 0.3) is 0 Å². The van der Waals surface area contributed by atoms with Gasteiger partial charge in [-0.2, -0.15) is 0 Å². The molecule has 3 nitrogen and oxygen atoms in total. The Bertz CT molecular complexity index is 398. The zero-order valence-corrected chi connectivity index (χ0v) is 8.79. The number of benzene rings is 1. The lowest BCUT2D eigenvalue weighted by Gasteiger charge is -2.06. The third-order valence-corrected chi connectivity index (χ3v) is 1.87. The molecule has 0 saturated heterocycles. The van der Waals surface area contributed by atoms with E-state index >= 15 is 0 Å². The second kappa shape index (κ2) is 6.46. The van der Waals surface area contributed by atoms with Gasteiger partial charge in [0.25, 0.3) is 0 Å². The number of anilines is 1. The fourth-order valence-corrected chi connectivity index (χ4v) is 1.13. The maximum Gasteiger partial charge on any atom is 0.319 e. The summed E-state index contributed by atoms with van der Waals surface area (Å²) in [6.45, 7) is 0.505.